The Kier molecular flexibility index (Phi) is 5.95. The Bertz CT molecular complexity index is 1060. The van der Waals surface area contributed by atoms with Gasteiger partial charge in [-0.2, -0.15) is 0 Å². The highest BCUT2D eigenvalue weighted by atomic mass is 32.1. The Morgan fingerprint density at radius 3 is 2.58 bits per heavy atom. The quantitative estimate of drug-likeness (QED) is 0.513. The summed E-state index contributed by atoms with van der Waals surface area (Å²) in [6, 6.07) is 14.7. The molecule has 1 saturated heterocycles. The highest BCUT2D eigenvalue weighted by molar-refractivity contribution is 7.18. The van der Waals surface area contributed by atoms with Gasteiger partial charge in [-0.1, -0.05) is 18.2 Å². The highest BCUT2D eigenvalue weighted by Gasteiger charge is 2.37. The van der Waals surface area contributed by atoms with E-state index in [0.29, 0.717) is 18.4 Å². The first-order valence-electron chi connectivity index (χ1n) is 10.8. The zero-order chi connectivity index (χ0) is 22.1. The van der Waals surface area contributed by atoms with Gasteiger partial charge >= 0.3 is 0 Å². The normalized spacial score (nSPS) is 17.9. The molecule has 3 aromatic rings. The van der Waals surface area contributed by atoms with Gasteiger partial charge in [0.05, 0.1) is 10.6 Å². The second-order valence-electron chi connectivity index (χ2n) is 9.64. The fourth-order valence-electron chi connectivity index (χ4n) is 4.75. The number of hydrogen-bond donors (Lipinski definition) is 2. The molecular weight excluding hydrogens is 404 g/mol. The molecule has 0 bridgehead atoms. The van der Waals surface area contributed by atoms with Gasteiger partial charge in [0.1, 0.15) is 6.29 Å². The summed E-state index contributed by atoms with van der Waals surface area (Å²) in [7, 11) is 0. The average molecular weight is 435 g/mol. The van der Waals surface area contributed by atoms with E-state index in [9.17, 15) is 4.79 Å². The summed E-state index contributed by atoms with van der Waals surface area (Å²) < 4.78 is 0. The summed E-state index contributed by atoms with van der Waals surface area (Å²) in [5, 5.41) is 7.29. The molecule has 0 radical (unpaired) electrons. The zero-order valence-electron chi connectivity index (χ0n) is 18.6. The fraction of sp³-hybridized carbons (Fsp3) is 0.400. The molecule has 0 atom stereocenters. The lowest BCUT2D eigenvalue weighted by molar-refractivity contribution is -0.107. The van der Waals surface area contributed by atoms with Gasteiger partial charge in [-0.15, -0.1) is 11.3 Å². The van der Waals surface area contributed by atoms with Crippen LogP contribution in [0, 0.1) is 0 Å². The van der Waals surface area contributed by atoms with E-state index in [0.717, 1.165) is 45.7 Å². The van der Waals surface area contributed by atoms with E-state index < -0.39 is 0 Å². The molecule has 31 heavy (non-hydrogen) atoms. The van der Waals surface area contributed by atoms with E-state index in [4.69, 9.17) is 4.98 Å². The van der Waals surface area contributed by atoms with Crippen molar-refractivity contribution in [1.82, 2.24) is 15.3 Å². The maximum atomic E-state index is 10.8. The number of hydrogen-bond acceptors (Lipinski definition) is 6. The number of nitrogens with zero attached hydrogens (tertiary/aromatic N) is 2. The van der Waals surface area contributed by atoms with Gasteiger partial charge in [0, 0.05) is 34.6 Å². The van der Waals surface area contributed by atoms with E-state index >= 15 is 0 Å². The lowest BCUT2D eigenvalue weighted by atomic mass is 9.80. The monoisotopic (exact) mass is 434 g/mol. The summed E-state index contributed by atoms with van der Waals surface area (Å²) in [6.45, 7) is 8.99. The number of piperidine rings is 1. The molecule has 2 N–H and O–H groups in total. The Morgan fingerprint density at radius 1 is 1.10 bits per heavy atom. The van der Waals surface area contributed by atoms with E-state index in [1.54, 1.807) is 11.3 Å². The lowest BCUT2D eigenvalue weighted by Crippen LogP contribution is -2.60. The third-order valence-electron chi connectivity index (χ3n) is 5.57. The minimum absolute atomic E-state index is 0.0675. The van der Waals surface area contributed by atoms with Crippen molar-refractivity contribution in [1.29, 1.82) is 0 Å². The Balaban J connectivity index is 1.53. The highest BCUT2D eigenvalue weighted by Crippen LogP contribution is 2.35. The largest absolute Gasteiger partial charge is 0.351 e. The van der Waals surface area contributed by atoms with Gasteiger partial charge < -0.3 is 15.4 Å². The van der Waals surface area contributed by atoms with E-state index in [1.807, 2.05) is 24.4 Å². The van der Waals surface area contributed by atoms with Crippen molar-refractivity contribution >= 4 is 23.6 Å². The van der Waals surface area contributed by atoms with Gasteiger partial charge in [0.2, 0.25) is 5.95 Å². The van der Waals surface area contributed by atoms with E-state index in [1.165, 1.54) is 0 Å². The molecule has 6 heteroatoms. The molecule has 0 saturated carbocycles. The van der Waals surface area contributed by atoms with Crippen LogP contribution in [-0.4, -0.2) is 33.4 Å². The van der Waals surface area contributed by atoms with Crippen molar-refractivity contribution in [3.63, 3.8) is 0 Å². The van der Waals surface area contributed by atoms with Gasteiger partial charge in [0.25, 0.3) is 0 Å². The topological polar surface area (TPSA) is 66.9 Å². The molecule has 2 aromatic heterocycles. The van der Waals surface area contributed by atoms with Crippen LogP contribution in [0.15, 0.2) is 48.7 Å². The van der Waals surface area contributed by atoms with Crippen molar-refractivity contribution < 1.29 is 4.79 Å². The molecule has 0 aliphatic carbocycles. The van der Waals surface area contributed by atoms with E-state index in [2.05, 4.69) is 67.6 Å². The molecule has 1 aromatic carbocycles. The van der Waals surface area contributed by atoms with Crippen LogP contribution in [0.4, 0.5) is 5.95 Å². The van der Waals surface area contributed by atoms with Crippen molar-refractivity contribution in [2.75, 3.05) is 5.32 Å². The molecule has 1 aliphatic heterocycles. The molecule has 0 amide bonds. The number of nitrogens with one attached hydrogen (secondary N) is 2. The van der Waals surface area contributed by atoms with Gasteiger partial charge in [0.15, 0.2) is 0 Å². The minimum atomic E-state index is 0.0675. The predicted molar refractivity (Wildman–Crippen MR) is 128 cm³/mol. The smallest absolute Gasteiger partial charge is 0.223 e. The molecule has 162 valence electrons. The fourth-order valence-corrected chi connectivity index (χ4v) is 5.72. The molecule has 3 heterocycles. The zero-order valence-corrected chi connectivity index (χ0v) is 19.4. The number of thiophene rings is 1. The Labute approximate surface area is 188 Å². The summed E-state index contributed by atoms with van der Waals surface area (Å²) >= 11 is 1.70. The maximum Gasteiger partial charge on any atom is 0.223 e. The van der Waals surface area contributed by atoms with Crippen LogP contribution in [0.3, 0.4) is 0 Å². The molecule has 1 aliphatic rings. The van der Waals surface area contributed by atoms with Crippen LogP contribution in [-0.2, 0) is 11.2 Å². The molecule has 5 nitrogen and oxygen atoms in total. The number of benzene rings is 1. The first-order valence-corrected chi connectivity index (χ1v) is 11.6. The Morgan fingerprint density at radius 2 is 1.84 bits per heavy atom. The van der Waals surface area contributed by atoms with Crippen molar-refractivity contribution in [3.05, 3.63) is 54.2 Å². The first-order chi connectivity index (χ1) is 14.7. The van der Waals surface area contributed by atoms with Crippen molar-refractivity contribution in [3.8, 4) is 21.0 Å². The number of anilines is 1. The second-order valence-corrected chi connectivity index (χ2v) is 10.7. The SMILES string of the molecule is CC1(C)CC(Nc2nccc(-c3ccc(-c4cccc(CC=O)c4)s3)n2)CC(C)(C)N1. The number of aldehydes is 1. The third kappa shape index (κ3) is 5.38. The van der Waals surface area contributed by atoms with Gasteiger partial charge in [-0.3, -0.25) is 0 Å². The third-order valence-corrected chi connectivity index (χ3v) is 6.72. The van der Waals surface area contributed by atoms with Crippen LogP contribution in [0.2, 0.25) is 0 Å². The van der Waals surface area contributed by atoms with Crippen LogP contribution < -0.4 is 10.6 Å². The molecule has 0 spiro atoms. The number of carbonyl (C=O) groups excluding carboxylic acids is 1. The van der Waals surface area contributed by atoms with Crippen LogP contribution in [0.5, 0.6) is 0 Å². The molecule has 0 unspecified atom stereocenters. The number of rotatable bonds is 6. The second kappa shape index (κ2) is 8.52. The van der Waals surface area contributed by atoms with Crippen LogP contribution >= 0.6 is 11.3 Å². The summed E-state index contributed by atoms with van der Waals surface area (Å²) in [5.74, 6) is 0.680. The standard InChI is InChI=1S/C25H30N4OS/c1-24(2)15-19(16-25(3,4)29-24)27-23-26-12-10-20(28-23)22-9-8-21(31-22)18-7-5-6-17(14-18)11-13-30/h5-10,12-14,19,29H,11,15-16H2,1-4H3,(H,26,27,28). The first kappa shape index (κ1) is 21.7. The summed E-state index contributed by atoms with van der Waals surface area (Å²) in [5.41, 5.74) is 3.21. The summed E-state index contributed by atoms with van der Waals surface area (Å²) in [4.78, 5) is 22.4. The molecule has 4 rings (SSSR count). The van der Waals surface area contributed by atoms with Gasteiger partial charge in [-0.25, -0.2) is 9.97 Å². The van der Waals surface area contributed by atoms with Gasteiger partial charge in [-0.05, 0) is 75.9 Å². The summed E-state index contributed by atoms with van der Waals surface area (Å²) in [6.07, 6.45) is 5.25. The number of carbonyl (C=O) groups is 1. The molecular formula is C25H30N4OS. The predicted octanol–water partition coefficient (Wildman–Crippen LogP) is 5.33. The van der Waals surface area contributed by atoms with Crippen LogP contribution in [0.25, 0.3) is 21.0 Å². The van der Waals surface area contributed by atoms with Crippen LogP contribution in [0.1, 0.15) is 46.1 Å². The maximum absolute atomic E-state index is 10.8. The number of aromatic nitrogens is 2. The Hall–Kier alpha value is -2.57. The van der Waals surface area contributed by atoms with Crippen molar-refractivity contribution in [2.24, 2.45) is 0 Å². The molecule has 1 fully saturated rings. The minimum Gasteiger partial charge on any atom is -0.351 e. The van der Waals surface area contributed by atoms with E-state index in [-0.39, 0.29) is 11.1 Å². The average Bonchev–Trinajstić information content (AvgIpc) is 3.16. The van der Waals surface area contributed by atoms with Crippen molar-refractivity contribution in [2.45, 2.75) is 64.1 Å². The lowest BCUT2D eigenvalue weighted by Gasteiger charge is -2.46.